The molecule has 148 valence electrons. The van der Waals surface area contributed by atoms with Crippen molar-refractivity contribution in [3.8, 4) is 6.07 Å². The van der Waals surface area contributed by atoms with E-state index in [2.05, 4.69) is 6.58 Å². The molecule has 1 aliphatic heterocycles. The van der Waals surface area contributed by atoms with E-state index in [9.17, 15) is 21.6 Å². The van der Waals surface area contributed by atoms with E-state index in [1.54, 1.807) is 6.08 Å². The van der Waals surface area contributed by atoms with Gasteiger partial charge in [0.25, 0.3) is 0 Å². The van der Waals surface area contributed by atoms with Gasteiger partial charge in [0.05, 0.1) is 34.2 Å². The van der Waals surface area contributed by atoms with Crippen LogP contribution in [-0.2, 0) is 16.2 Å². The Hall–Kier alpha value is -2.27. The molecule has 3 aliphatic rings. The number of anilines is 1. The number of hydrogen-bond acceptors (Lipinski definition) is 3. The van der Waals surface area contributed by atoms with Crippen LogP contribution in [0.3, 0.4) is 0 Å². The topological polar surface area (TPSA) is 61.2 Å². The summed E-state index contributed by atoms with van der Waals surface area (Å²) in [6.07, 6.45) is 2.79. The van der Waals surface area contributed by atoms with Crippen LogP contribution in [-0.4, -0.2) is 19.7 Å². The molecule has 1 saturated carbocycles. The van der Waals surface area contributed by atoms with E-state index in [1.165, 1.54) is 16.4 Å². The van der Waals surface area contributed by atoms with Gasteiger partial charge in [-0.1, -0.05) is 18.2 Å². The molecule has 4 nitrogen and oxygen atoms in total. The lowest BCUT2D eigenvalue weighted by Crippen LogP contribution is -2.37. The second-order valence-electron chi connectivity index (χ2n) is 7.60. The van der Waals surface area contributed by atoms with E-state index in [1.807, 2.05) is 12.2 Å². The third-order valence-electron chi connectivity index (χ3n) is 6.16. The number of rotatable bonds is 4. The van der Waals surface area contributed by atoms with Gasteiger partial charge in [0.15, 0.2) is 0 Å². The number of benzene rings is 1. The van der Waals surface area contributed by atoms with Crippen molar-refractivity contribution in [1.82, 2.24) is 0 Å². The summed E-state index contributed by atoms with van der Waals surface area (Å²) in [4.78, 5) is 0. The summed E-state index contributed by atoms with van der Waals surface area (Å²) in [5, 5.41) is 8.42. The summed E-state index contributed by atoms with van der Waals surface area (Å²) in [5.74, 6) is -0.0910. The fraction of sp³-hybridized carbons (Fsp3) is 0.450. The van der Waals surface area contributed by atoms with Gasteiger partial charge < -0.3 is 0 Å². The molecule has 0 amide bonds. The van der Waals surface area contributed by atoms with E-state index in [0.717, 1.165) is 18.6 Å². The van der Waals surface area contributed by atoms with Crippen molar-refractivity contribution in [2.45, 2.75) is 36.7 Å². The van der Waals surface area contributed by atoms with Gasteiger partial charge in [-0.25, -0.2) is 8.42 Å². The van der Waals surface area contributed by atoms with Crippen molar-refractivity contribution >= 4 is 15.7 Å². The Balaban J connectivity index is 1.84. The van der Waals surface area contributed by atoms with E-state index in [4.69, 9.17) is 5.26 Å². The molecule has 1 aromatic rings. The second kappa shape index (κ2) is 6.38. The van der Waals surface area contributed by atoms with Crippen LogP contribution in [0.1, 0.15) is 30.4 Å². The molecule has 2 fully saturated rings. The van der Waals surface area contributed by atoms with Gasteiger partial charge >= 0.3 is 6.18 Å². The Morgan fingerprint density at radius 1 is 1.29 bits per heavy atom. The summed E-state index contributed by atoms with van der Waals surface area (Å²) >= 11 is 0. The lowest BCUT2D eigenvalue weighted by molar-refractivity contribution is -0.137. The van der Waals surface area contributed by atoms with Crippen LogP contribution >= 0.6 is 0 Å². The van der Waals surface area contributed by atoms with Crippen molar-refractivity contribution in [2.75, 3.05) is 4.31 Å². The summed E-state index contributed by atoms with van der Waals surface area (Å²) in [6.45, 7) is 3.69. The van der Waals surface area contributed by atoms with Gasteiger partial charge in [-0.2, -0.15) is 18.4 Å². The summed E-state index contributed by atoms with van der Waals surface area (Å²) < 4.78 is 68.2. The first-order chi connectivity index (χ1) is 13.2. The van der Waals surface area contributed by atoms with Crippen LogP contribution in [0.4, 0.5) is 18.9 Å². The summed E-state index contributed by atoms with van der Waals surface area (Å²) in [6, 6.07) is 4.29. The van der Waals surface area contributed by atoms with Gasteiger partial charge in [-0.05, 0) is 49.3 Å². The van der Waals surface area contributed by atoms with E-state index < -0.39 is 38.6 Å². The largest absolute Gasteiger partial charge is 0.417 e. The van der Waals surface area contributed by atoms with Crippen LogP contribution in [0.5, 0.6) is 0 Å². The predicted octanol–water partition coefficient (Wildman–Crippen LogP) is 4.25. The minimum atomic E-state index is -4.74. The number of sulfonamides is 1. The Kier molecular flexibility index (Phi) is 4.34. The number of halogens is 3. The Bertz CT molecular complexity index is 994. The number of hydrogen-bond donors (Lipinski definition) is 0. The highest BCUT2D eigenvalue weighted by Crippen LogP contribution is 2.56. The van der Waals surface area contributed by atoms with Crippen LogP contribution in [0.25, 0.3) is 0 Å². The first kappa shape index (κ1) is 19.1. The van der Waals surface area contributed by atoms with Gasteiger partial charge in [0.1, 0.15) is 0 Å². The van der Waals surface area contributed by atoms with Crippen molar-refractivity contribution in [2.24, 2.45) is 17.8 Å². The number of nitriles is 1. The number of fused-ring (bicyclic) bond motifs is 5. The van der Waals surface area contributed by atoms with E-state index >= 15 is 0 Å². The maximum Gasteiger partial charge on any atom is 0.417 e. The first-order valence-corrected chi connectivity index (χ1v) is 10.6. The highest BCUT2D eigenvalue weighted by molar-refractivity contribution is 7.93. The lowest BCUT2D eigenvalue weighted by atomic mass is 9.84. The highest BCUT2D eigenvalue weighted by atomic mass is 32.2. The third-order valence-corrected chi connectivity index (χ3v) is 8.54. The monoisotopic (exact) mass is 408 g/mol. The van der Waals surface area contributed by atoms with Crippen molar-refractivity contribution in [3.05, 3.63) is 54.1 Å². The molecule has 2 aliphatic carbocycles. The van der Waals surface area contributed by atoms with Crippen LogP contribution in [0.2, 0.25) is 0 Å². The number of allylic oxidation sites excluding steroid dienone is 3. The van der Waals surface area contributed by atoms with E-state index in [0.29, 0.717) is 12.8 Å². The first-order valence-electron chi connectivity index (χ1n) is 9.14. The molecule has 0 spiro atoms. The standard InChI is InChI=1S/C20H19F3N2O2S/c1-2-3-4-17-18-12-5-6-13(9-12)19(18)28(26,27)25(17)15-8-7-14(11-24)16(10-15)20(21,22)23/h2,5-8,10,12-13,17-19H,1,3-4,9H2/t12-,13+,17+,18+,19+/m0/s1. The van der Waals surface area contributed by atoms with Gasteiger partial charge in [0, 0.05) is 5.92 Å². The molecular weight excluding hydrogens is 389 g/mol. The Morgan fingerprint density at radius 2 is 2.00 bits per heavy atom. The molecule has 0 radical (unpaired) electrons. The zero-order valence-electron chi connectivity index (χ0n) is 14.9. The molecule has 1 saturated heterocycles. The molecule has 5 atom stereocenters. The van der Waals surface area contributed by atoms with E-state index in [-0.39, 0.29) is 23.4 Å². The smallest absolute Gasteiger partial charge is 0.267 e. The summed E-state index contributed by atoms with van der Waals surface area (Å²) in [5.41, 5.74) is -1.64. The molecule has 1 heterocycles. The van der Waals surface area contributed by atoms with Crippen molar-refractivity contribution in [3.63, 3.8) is 0 Å². The van der Waals surface area contributed by atoms with Crippen LogP contribution in [0, 0.1) is 29.1 Å². The van der Waals surface area contributed by atoms with Crippen molar-refractivity contribution < 1.29 is 21.6 Å². The normalized spacial score (nSPS) is 32.4. The lowest BCUT2D eigenvalue weighted by Gasteiger charge is -2.30. The zero-order chi connectivity index (χ0) is 20.3. The third kappa shape index (κ3) is 2.67. The predicted molar refractivity (Wildman–Crippen MR) is 98.8 cm³/mol. The van der Waals surface area contributed by atoms with Gasteiger partial charge in [0.2, 0.25) is 10.0 Å². The fourth-order valence-electron chi connectivity index (χ4n) is 5.15. The maximum absolute atomic E-state index is 13.4. The molecule has 1 aromatic carbocycles. The molecule has 0 N–H and O–H groups in total. The van der Waals surface area contributed by atoms with Gasteiger partial charge in [-0.3, -0.25) is 4.31 Å². The number of alkyl halides is 3. The average molecular weight is 408 g/mol. The molecule has 0 unspecified atom stereocenters. The molecule has 28 heavy (non-hydrogen) atoms. The quantitative estimate of drug-likeness (QED) is 0.700. The minimum Gasteiger partial charge on any atom is -0.267 e. The molecule has 2 bridgehead atoms. The number of nitrogens with zero attached hydrogens (tertiary/aromatic N) is 2. The van der Waals surface area contributed by atoms with Crippen LogP contribution < -0.4 is 4.31 Å². The van der Waals surface area contributed by atoms with Gasteiger partial charge in [-0.15, -0.1) is 6.58 Å². The summed E-state index contributed by atoms with van der Waals surface area (Å²) in [7, 11) is -3.81. The molecule has 4 rings (SSSR count). The highest BCUT2D eigenvalue weighted by Gasteiger charge is 2.62. The second-order valence-corrected chi connectivity index (χ2v) is 9.57. The molecule has 0 aromatic heterocycles. The zero-order valence-corrected chi connectivity index (χ0v) is 15.7. The molecule has 8 heteroatoms. The van der Waals surface area contributed by atoms with Crippen molar-refractivity contribution in [1.29, 1.82) is 5.26 Å². The maximum atomic E-state index is 13.4. The fourth-order valence-corrected chi connectivity index (χ4v) is 7.87. The minimum absolute atomic E-state index is 0.0193. The SMILES string of the molecule is C=CCC[C@@H]1[C@@H]2[C@@H]([C@@H]3C=C[C@H]2C3)S(=O)(=O)N1c1ccc(C#N)c(C(F)(F)F)c1. The average Bonchev–Trinajstić information content (AvgIpc) is 3.30. The Labute approximate surface area is 162 Å². The van der Waals surface area contributed by atoms with Crippen LogP contribution in [0.15, 0.2) is 43.0 Å². The molecular formula is C20H19F3N2O2S. The Morgan fingerprint density at radius 3 is 2.64 bits per heavy atom.